The van der Waals surface area contributed by atoms with E-state index < -0.39 is 0 Å². The molecule has 0 saturated carbocycles. The number of nitrogens with zero attached hydrogens (tertiary/aromatic N) is 1. The minimum atomic E-state index is 0.00151. The Morgan fingerprint density at radius 1 is 1.31 bits per heavy atom. The monoisotopic (exact) mass is 183 g/mol. The smallest absolute Gasteiger partial charge is 0.0943 e. The molecule has 0 fully saturated rings. The lowest BCUT2D eigenvalue weighted by molar-refractivity contribution is 0.205. The molecule has 0 amide bonds. The van der Waals surface area contributed by atoms with E-state index in [1.165, 1.54) is 19.3 Å². The maximum atomic E-state index is 8.95. The molecule has 76 valence electrons. The van der Waals surface area contributed by atoms with Gasteiger partial charge in [0.15, 0.2) is 0 Å². The fourth-order valence-electron chi connectivity index (χ4n) is 0.991. The first kappa shape index (κ1) is 12.5. The van der Waals surface area contributed by atoms with Crippen LogP contribution in [0.1, 0.15) is 32.6 Å². The lowest BCUT2D eigenvalue weighted by Crippen LogP contribution is -2.29. The van der Waals surface area contributed by atoms with E-state index in [0.29, 0.717) is 0 Å². The maximum Gasteiger partial charge on any atom is 0.0943 e. The standard InChI is InChI=1S/C11H21NO/c1-4-5-6-7-8-9-11(10-13)12(2)3/h11,13H,4-7,10H2,1-3H3. The lowest BCUT2D eigenvalue weighted by atomic mass is 10.2. The maximum absolute atomic E-state index is 8.95. The summed E-state index contributed by atoms with van der Waals surface area (Å²) >= 11 is 0. The Balaban J connectivity index is 3.65. The van der Waals surface area contributed by atoms with E-state index in [1.54, 1.807) is 0 Å². The van der Waals surface area contributed by atoms with Gasteiger partial charge in [0.05, 0.1) is 12.6 Å². The highest BCUT2D eigenvalue weighted by atomic mass is 16.3. The minimum absolute atomic E-state index is 0.00151. The summed E-state index contributed by atoms with van der Waals surface area (Å²) in [4.78, 5) is 1.94. The molecule has 2 nitrogen and oxygen atoms in total. The molecule has 0 aliphatic heterocycles. The molecule has 0 aromatic heterocycles. The van der Waals surface area contributed by atoms with E-state index in [1.807, 2.05) is 19.0 Å². The molecule has 0 bridgehead atoms. The van der Waals surface area contributed by atoms with Gasteiger partial charge in [-0.3, -0.25) is 4.90 Å². The summed E-state index contributed by atoms with van der Waals surface area (Å²) in [7, 11) is 3.86. The van der Waals surface area contributed by atoms with E-state index >= 15 is 0 Å². The van der Waals surface area contributed by atoms with Crippen molar-refractivity contribution in [1.82, 2.24) is 4.90 Å². The molecule has 0 rings (SSSR count). The fraction of sp³-hybridized carbons (Fsp3) is 0.818. The van der Waals surface area contributed by atoms with Crippen LogP contribution in [0, 0.1) is 11.8 Å². The summed E-state index contributed by atoms with van der Waals surface area (Å²) in [6.07, 6.45) is 4.62. The van der Waals surface area contributed by atoms with Gasteiger partial charge < -0.3 is 5.11 Å². The van der Waals surface area contributed by atoms with Crippen LogP contribution < -0.4 is 0 Å². The molecule has 1 atom stereocenters. The van der Waals surface area contributed by atoms with Crippen molar-refractivity contribution in [2.24, 2.45) is 0 Å². The van der Waals surface area contributed by atoms with Crippen LogP contribution in [0.15, 0.2) is 0 Å². The third-order valence-corrected chi connectivity index (χ3v) is 1.97. The molecule has 0 radical (unpaired) electrons. The Morgan fingerprint density at radius 2 is 2.00 bits per heavy atom. The van der Waals surface area contributed by atoms with Crippen molar-refractivity contribution in [3.8, 4) is 11.8 Å². The van der Waals surface area contributed by atoms with Gasteiger partial charge >= 0.3 is 0 Å². The Hall–Kier alpha value is -0.520. The second kappa shape index (κ2) is 8.10. The van der Waals surface area contributed by atoms with E-state index in [0.717, 1.165) is 6.42 Å². The molecule has 2 heteroatoms. The first-order valence-electron chi connectivity index (χ1n) is 4.98. The average molecular weight is 183 g/mol. The molecule has 13 heavy (non-hydrogen) atoms. The summed E-state index contributed by atoms with van der Waals surface area (Å²) in [6, 6.07) is 0.00151. The number of aliphatic hydroxyl groups is 1. The average Bonchev–Trinajstić information content (AvgIpc) is 2.10. The first-order valence-corrected chi connectivity index (χ1v) is 4.98. The van der Waals surface area contributed by atoms with Crippen molar-refractivity contribution in [3.63, 3.8) is 0 Å². The van der Waals surface area contributed by atoms with Gasteiger partial charge in [0.1, 0.15) is 0 Å². The molecular formula is C11H21NO. The van der Waals surface area contributed by atoms with E-state index in [-0.39, 0.29) is 12.6 Å². The third-order valence-electron chi connectivity index (χ3n) is 1.97. The highest BCUT2D eigenvalue weighted by Gasteiger charge is 2.03. The Labute approximate surface area is 81.9 Å². The van der Waals surface area contributed by atoms with Gasteiger partial charge in [-0.25, -0.2) is 0 Å². The van der Waals surface area contributed by atoms with Crippen molar-refractivity contribution in [2.75, 3.05) is 20.7 Å². The summed E-state index contributed by atoms with van der Waals surface area (Å²) in [5.41, 5.74) is 0. The van der Waals surface area contributed by atoms with E-state index in [2.05, 4.69) is 18.8 Å². The van der Waals surface area contributed by atoms with Crippen LogP contribution in [-0.2, 0) is 0 Å². The van der Waals surface area contributed by atoms with Gasteiger partial charge in [-0.1, -0.05) is 25.7 Å². The largest absolute Gasteiger partial charge is 0.394 e. The van der Waals surface area contributed by atoms with Gasteiger partial charge in [0.25, 0.3) is 0 Å². The quantitative estimate of drug-likeness (QED) is 0.515. The third kappa shape index (κ3) is 6.62. The molecule has 0 heterocycles. The molecule has 0 spiro atoms. The number of rotatable bonds is 5. The second-order valence-electron chi connectivity index (χ2n) is 3.44. The number of aliphatic hydroxyl groups excluding tert-OH is 1. The van der Waals surface area contributed by atoms with Crippen LogP contribution in [0.4, 0.5) is 0 Å². The lowest BCUT2D eigenvalue weighted by Gasteiger charge is -2.15. The Bertz CT molecular complexity index is 167. The predicted octanol–water partition coefficient (Wildman–Crippen LogP) is 1.49. The summed E-state index contributed by atoms with van der Waals surface area (Å²) in [5.74, 6) is 6.15. The summed E-state index contributed by atoms with van der Waals surface area (Å²) in [5, 5.41) is 8.95. The van der Waals surface area contributed by atoms with Crippen LogP contribution in [0.2, 0.25) is 0 Å². The van der Waals surface area contributed by atoms with Crippen LogP contribution in [0.3, 0.4) is 0 Å². The predicted molar refractivity (Wildman–Crippen MR) is 56.5 cm³/mol. The molecule has 0 aliphatic carbocycles. The van der Waals surface area contributed by atoms with Crippen LogP contribution in [0.25, 0.3) is 0 Å². The van der Waals surface area contributed by atoms with Gasteiger partial charge in [0, 0.05) is 6.42 Å². The molecule has 0 saturated heterocycles. The second-order valence-corrected chi connectivity index (χ2v) is 3.44. The topological polar surface area (TPSA) is 23.5 Å². The van der Waals surface area contributed by atoms with Crippen LogP contribution in [0.5, 0.6) is 0 Å². The van der Waals surface area contributed by atoms with Gasteiger partial charge in [-0.05, 0) is 20.5 Å². The molecule has 1 N–H and O–H groups in total. The zero-order valence-electron chi connectivity index (χ0n) is 9.01. The zero-order valence-corrected chi connectivity index (χ0v) is 9.01. The highest BCUT2D eigenvalue weighted by Crippen LogP contribution is 1.97. The summed E-state index contributed by atoms with van der Waals surface area (Å²) < 4.78 is 0. The molecular weight excluding hydrogens is 162 g/mol. The van der Waals surface area contributed by atoms with Crippen molar-refractivity contribution in [1.29, 1.82) is 0 Å². The minimum Gasteiger partial charge on any atom is -0.394 e. The Morgan fingerprint density at radius 3 is 2.46 bits per heavy atom. The van der Waals surface area contributed by atoms with Gasteiger partial charge in [0.2, 0.25) is 0 Å². The zero-order chi connectivity index (χ0) is 10.1. The van der Waals surface area contributed by atoms with E-state index in [4.69, 9.17) is 5.11 Å². The van der Waals surface area contributed by atoms with Crippen LogP contribution in [-0.4, -0.2) is 36.8 Å². The summed E-state index contributed by atoms with van der Waals surface area (Å²) in [6.45, 7) is 2.30. The van der Waals surface area contributed by atoms with Crippen molar-refractivity contribution in [2.45, 2.75) is 38.6 Å². The SMILES string of the molecule is CCCCCC#CC(CO)N(C)C. The van der Waals surface area contributed by atoms with Gasteiger partial charge in [-0.2, -0.15) is 0 Å². The van der Waals surface area contributed by atoms with Crippen molar-refractivity contribution in [3.05, 3.63) is 0 Å². The number of likely N-dealkylation sites (N-methyl/N-ethyl adjacent to an activating group) is 1. The van der Waals surface area contributed by atoms with Crippen molar-refractivity contribution >= 4 is 0 Å². The molecule has 1 unspecified atom stereocenters. The van der Waals surface area contributed by atoms with Crippen molar-refractivity contribution < 1.29 is 5.11 Å². The van der Waals surface area contributed by atoms with Crippen LogP contribution >= 0.6 is 0 Å². The first-order chi connectivity index (χ1) is 6.22. The van der Waals surface area contributed by atoms with Gasteiger partial charge in [-0.15, -0.1) is 5.92 Å². The normalized spacial score (nSPS) is 12.4. The van der Waals surface area contributed by atoms with E-state index in [9.17, 15) is 0 Å². The fourth-order valence-corrected chi connectivity index (χ4v) is 0.991. The number of hydrogen-bond donors (Lipinski definition) is 1. The number of unbranched alkanes of at least 4 members (excludes halogenated alkanes) is 3. The molecule has 0 aliphatic rings. The molecule has 0 aromatic carbocycles. The highest BCUT2D eigenvalue weighted by molar-refractivity contribution is 5.07. The number of hydrogen-bond acceptors (Lipinski definition) is 2. The Kier molecular flexibility index (Phi) is 7.77. The molecule has 0 aromatic rings.